The quantitative estimate of drug-likeness (QED) is 0.865. The molecule has 3 aliphatic rings. The fourth-order valence-corrected chi connectivity index (χ4v) is 4.85. The minimum absolute atomic E-state index is 0.0316. The first kappa shape index (κ1) is 17.0. The molecule has 7 heteroatoms. The van der Waals surface area contributed by atoms with E-state index >= 15 is 0 Å². The van der Waals surface area contributed by atoms with Crippen molar-refractivity contribution in [3.8, 4) is 0 Å². The maximum absolute atomic E-state index is 12.6. The molecule has 1 amide bonds. The Balaban J connectivity index is 1.52. The van der Waals surface area contributed by atoms with Gasteiger partial charge in [0.15, 0.2) is 0 Å². The van der Waals surface area contributed by atoms with Gasteiger partial charge in [-0.1, -0.05) is 0 Å². The van der Waals surface area contributed by atoms with Crippen molar-refractivity contribution in [1.82, 2.24) is 4.72 Å². The van der Waals surface area contributed by atoms with Crippen molar-refractivity contribution >= 4 is 21.6 Å². The zero-order valence-corrected chi connectivity index (χ0v) is 15.2. The molecule has 1 saturated carbocycles. The molecule has 2 fully saturated rings. The zero-order valence-electron chi connectivity index (χ0n) is 14.4. The SMILES string of the molecule is CC1Cc2cc(S(=O)(=O)NCC3CCCO3)ccc2N1C(=O)C1CC1. The van der Waals surface area contributed by atoms with E-state index in [1.165, 1.54) is 0 Å². The van der Waals surface area contributed by atoms with Gasteiger partial charge in [-0.2, -0.15) is 0 Å². The lowest BCUT2D eigenvalue weighted by molar-refractivity contribution is -0.120. The summed E-state index contributed by atoms with van der Waals surface area (Å²) in [5.74, 6) is 0.336. The molecule has 2 atom stereocenters. The molecule has 25 heavy (non-hydrogen) atoms. The number of hydrogen-bond acceptors (Lipinski definition) is 4. The fraction of sp³-hybridized carbons (Fsp3) is 0.611. The summed E-state index contributed by atoms with van der Waals surface area (Å²) in [6.07, 6.45) is 4.48. The average Bonchev–Trinajstić information content (AvgIpc) is 3.19. The van der Waals surface area contributed by atoms with Gasteiger partial charge in [0, 0.05) is 30.8 Å². The minimum Gasteiger partial charge on any atom is -0.377 e. The number of anilines is 1. The van der Waals surface area contributed by atoms with Crippen molar-refractivity contribution < 1.29 is 17.9 Å². The van der Waals surface area contributed by atoms with E-state index in [9.17, 15) is 13.2 Å². The van der Waals surface area contributed by atoms with E-state index in [-0.39, 0.29) is 28.9 Å². The lowest BCUT2D eigenvalue weighted by Crippen LogP contribution is -2.36. The standard InChI is InChI=1S/C18H24N2O4S/c1-12-9-14-10-16(25(22,23)19-11-15-3-2-8-24-15)6-7-17(14)20(12)18(21)13-4-5-13/h6-7,10,12-13,15,19H,2-5,8-9,11H2,1H3. The van der Waals surface area contributed by atoms with Crippen LogP contribution in [0.15, 0.2) is 23.1 Å². The van der Waals surface area contributed by atoms with Crippen LogP contribution in [-0.2, 0) is 26.0 Å². The van der Waals surface area contributed by atoms with Crippen LogP contribution in [0.1, 0.15) is 38.2 Å². The number of ether oxygens (including phenoxy) is 1. The van der Waals surface area contributed by atoms with Crippen molar-refractivity contribution in [2.75, 3.05) is 18.1 Å². The highest BCUT2D eigenvalue weighted by Gasteiger charge is 2.39. The molecule has 0 aromatic heterocycles. The number of amides is 1. The molecule has 1 aromatic rings. The Kier molecular flexibility index (Phi) is 4.33. The van der Waals surface area contributed by atoms with Gasteiger partial charge in [-0.05, 0) is 62.8 Å². The predicted octanol–water partition coefficient (Wildman–Crippen LogP) is 1.83. The highest BCUT2D eigenvalue weighted by molar-refractivity contribution is 7.89. The first-order chi connectivity index (χ1) is 12.0. The summed E-state index contributed by atoms with van der Waals surface area (Å²) in [7, 11) is -3.56. The molecule has 2 aliphatic heterocycles. The van der Waals surface area contributed by atoms with Gasteiger partial charge in [-0.3, -0.25) is 4.79 Å². The van der Waals surface area contributed by atoms with E-state index in [0.29, 0.717) is 19.6 Å². The van der Waals surface area contributed by atoms with E-state index < -0.39 is 10.0 Å². The van der Waals surface area contributed by atoms with Gasteiger partial charge in [0.2, 0.25) is 15.9 Å². The largest absolute Gasteiger partial charge is 0.377 e. The molecule has 1 aliphatic carbocycles. The van der Waals surface area contributed by atoms with Crippen molar-refractivity contribution in [2.45, 2.75) is 56.1 Å². The molecule has 1 saturated heterocycles. The molecule has 0 bridgehead atoms. The number of rotatable bonds is 5. The van der Waals surface area contributed by atoms with Gasteiger partial charge in [-0.15, -0.1) is 0 Å². The van der Waals surface area contributed by atoms with Crippen LogP contribution in [0, 0.1) is 5.92 Å². The summed E-state index contributed by atoms with van der Waals surface area (Å²) in [4.78, 5) is 14.6. The summed E-state index contributed by atoms with van der Waals surface area (Å²) < 4.78 is 33.2. The van der Waals surface area contributed by atoms with E-state index in [1.807, 2.05) is 11.8 Å². The maximum atomic E-state index is 12.6. The molecule has 1 N–H and O–H groups in total. The Labute approximate surface area is 148 Å². The predicted molar refractivity (Wildman–Crippen MR) is 94.0 cm³/mol. The van der Waals surface area contributed by atoms with E-state index in [0.717, 1.165) is 36.9 Å². The summed E-state index contributed by atoms with van der Waals surface area (Å²) in [6, 6.07) is 5.17. The second-order valence-corrected chi connectivity index (χ2v) is 9.08. The molecule has 0 spiro atoms. The zero-order chi connectivity index (χ0) is 17.6. The topological polar surface area (TPSA) is 75.7 Å². The van der Waals surface area contributed by atoms with Gasteiger partial charge in [0.05, 0.1) is 11.0 Å². The Morgan fingerprint density at radius 2 is 2.12 bits per heavy atom. The van der Waals surface area contributed by atoms with Gasteiger partial charge in [0.1, 0.15) is 0 Å². The second kappa shape index (κ2) is 6.37. The average molecular weight is 364 g/mol. The van der Waals surface area contributed by atoms with Crippen LogP contribution in [0.3, 0.4) is 0 Å². The summed E-state index contributed by atoms with van der Waals surface area (Å²) in [5.41, 5.74) is 1.80. The smallest absolute Gasteiger partial charge is 0.240 e. The summed E-state index contributed by atoms with van der Waals surface area (Å²) in [6.45, 7) is 3.03. The Hall–Kier alpha value is -1.44. The number of nitrogens with zero attached hydrogens (tertiary/aromatic N) is 1. The monoisotopic (exact) mass is 364 g/mol. The number of benzene rings is 1. The Bertz CT molecular complexity index is 782. The molecule has 2 heterocycles. The van der Waals surface area contributed by atoms with Gasteiger partial charge < -0.3 is 9.64 Å². The van der Waals surface area contributed by atoms with Crippen molar-refractivity contribution in [1.29, 1.82) is 0 Å². The maximum Gasteiger partial charge on any atom is 0.240 e. The molecular formula is C18H24N2O4S. The number of hydrogen-bond donors (Lipinski definition) is 1. The van der Waals surface area contributed by atoms with Crippen molar-refractivity contribution in [3.63, 3.8) is 0 Å². The normalized spacial score (nSPS) is 26.0. The first-order valence-corrected chi connectivity index (χ1v) is 10.5. The number of nitrogens with one attached hydrogen (secondary N) is 1. The van der Waals surface area contributed by atoms with Crippen LogP contribution in [0.5, 0.6) is 0 Å². The third kappa shape index (κ3) is 3.32. The van der Waals surface area contributed by atoms with Gasteiger partial charge >= 0.3 is 0 Å². The Morgan fingerprint density at radius 1 is 1.32 bits per heavy atom. The minimum atomic E-state index is -3.56. The van der Waals surface area contributed by atoms with Crippen LogP contribution in [0.2, 0.25) is 0 Å². The Morgan fingerprint density at radius 3 is 2.80 bits per heavy atom. The third-order valence-electron chi connectivity index (χ3n) is 5.27. The van der Waals surface area contributed by atoms with Crippen molar-refractivity contribution in [2.24, 2.45) is 5.92 Å². The molecule has 6 nitrogen and oxygen atoms in total. The summed E-state index contributed by atoms with van der Waals surface area (Å²) in [5, 5.41) is 0. The lowest BCUT2D eigenvalue weighted by atomic mass is 10.1. The third-order valence-corrected chi connectivity index (χ3v) is 6.69. The molecule has 136 valence electrons. The molecule has 0 radical (unpaired) electrons. The van der Waals surface area contributed by atoms with Gasteiger partial charge in [-0.25, -0.2) is 13.1 Å². The fourth-order valence-electron chi connectivity index (χ4n) is 3.73. The second-order valence-electron chi connectivity index (χ2n) is 7.31. The van der Waals surface area contributed by atoms with Gasteiger partial charge in [0.25, 0.3) is 0 Å². The number of carbonyl (C=O) groups excluding carboxylic acids is 1. The van der Waals surface area contributed by atoms with Crippen LogP contribution < -0.4 is 9.62 Å². The number of sulfonamides is 1. The summed E-state index contributed by atoms with van der Waals surface area (Å²) >= 11 is 0. The van der Waals surface area contributed by atoms with E-state index in [1.54, 1.807) is 18.2 Å². The number of carbonyl (C=O) groups is 1. The highest BCUT2D eigenvalue weighted by Crippen LogP contribution is 2.39. The van der Waals surface area contributed by atoms with E-state index in [2.05, 4.69) is 4.72 Å². The van der Waals surface area contributed by atoms with Crippen molar-refractivity contribution in [3.05, 3.63) is 23.8 Å². The van der Waals surface area contributed by atoms with Crippen LogP contribution >= 0.6 is 0 Å². The molecule has 1 aromatic carbocycles. The van der Waals surface area contributed by atoms with Crippen LogP contribution in [0.4, 0.5) is 5.69 Å². The van der Waals surface area contributed by atoms with E-state index in [4.69, 9.17) is 4.74 Å². The number of fused-ring (bicyclic) bond motifs is 1. The molecule has 2 unspecified atom stereocenters. The lowest BCUT2D eigenvalue weighted by Gasteiger charge is -2.22. The molecular weight excluding hydrogens is 340 g/mol. The van der Waals surface area contributed by atoms with Crippen LogP contribution in [0.25, 0.3) is 0 Å². The molecule has 4 rings (SSSR count). The highest BCUT2D eigenvalue weighted by atomic mass is 32.2. The first-order valence-electron chi connectivity index (χ1n) is 9.03. The van der Waals surface area contributed by atoms with Crippen LogP contribution in [-0.4, -0.2) is 39.6 Å².